The van der Waals surface area contributed by atoms with Crippen LogP contribution in [-0.2, 0) is 23.9 Å². The second kappa shape index (κ2) is 4.08. The molecular formula is C8H14FN2O2S+. The van der Waals surface area contributed by atoms with E-state index in [-0.39, 0.29) is 0 Å². The number of rotatable bonds is 4. The monoisotopic (exact) mass is 221 g/mol. The molecule has 1 aromatic rings. The zero-order chi connectivity index (χ0) is 10.8. The number of aromatic nitrogens is 2. The molecule has 0 saturated heterocycles. The van der Waals surface area contributed by atoms with E-state index in [9.17, 15) is 12.3 Å². The average Bonchev–Trinajstić information content (AvgIpc) is 2.42. The van der Waals surface area contributed by atoms with Gasteiger partial charge in [0, 0.05) is 0 Å². The van der Waals surface area contributed by atoms with E-state index in [1.165, 1.54) is 12.4 Å². The van der Waals surface area contributed by atoms with Gasteiger partial charge in [0.1, 0.15) is 12.4 Å². The number of hydrogen-bond acceptors (Lipinski definition) is 2. The van der Waals surface area contributed by atoms with Gasteiger partial charge >= 0.3 is 10.4 Å². The molecule has 1 aromatic heterocycles. The molecule has 0 aliphatic carbocycles. The first-order valence-electron chi connectivity index (χ1n) is 4.48. The summed E-state index contributed by atoms with van der Waals surface area (Å²) in [4.78, 5) is 0. The molecule has 4 nitrogen and oxygen atoms in total. The smallest absolute Gasteiger partial charge is 0.236 e. The normalized spacial score (nSPS) is 11.9. The van der Waals surface area contributed by atoms with Gasteiger partial charge in [0.2, 0.25) is 0 Å². The highest BCUT2D eigenvalue weighted by molar-refractivity contribution is 7.84. The molecule has 0 N–H and O–H groups in total. The standard InChI is InChI=1S/C8H14FN2O2S/c1-3-4-5-8-10(2)6-7-11(8)14(9,12)13/h6-7H,3-5H2,1-2H3/q+1. The first-order chi connectivity index (χ1) is 6.46. The van der Waals surface area contributed by atoms with Gasteiger partial charge in [0.25, 0.3) is 5.82 Å². The number of halogens is 1. The van der Waals surface area contributed by atoms with Gasteiger partial charge in [0.15, 0.2) is 0 Å². The van der Waals surface area contributed by atoms with Crippen molar-refractivity contribution in [2.24, 2.45) is 7.05 Å². The topological polar surface area (TPSA) is 43.0 Å². The Kier molecular flexibility index (Phi) is 3.25. The van der Waals surface area contributed by atoms with Gasteiger partial charge < -0.3 is 0 Å². The van der Waals surface area contributed by atoms with Crippen LogP contribution in [0.4, 0.5) is 3.89 Å². The van der Waals surface area contributed by atoms with Crippen molar-refractivity contribution in [1.29, 1.82) is 0 Å². The van der Waals surface area contributed by atoms with Crippen LogP contribution in [0.25, 0.3) is 0 Å². The fourth-order valence-corrected chi connectivity index (χ4v) is 1.98. The molecule has 0 radical (unpaired) electrons. The van der Waals surface area contributed by atoms with E-state index in [1.54, 1.807) is 11.6 Å². The molecule has 14 heavy (non-hydrogen) atoms. The lowest BCUT2D eigenvalue weighted by Gasteiger charge is -1.96. The Bertz CT molecular complexity index is 411. The van der Waals surface area contributed by atoms with Gasteiger partial charge in [-0.3, -0.25) is 0 Å². The van der Waals surface area contributed by atoms with Crippen LogP contribution in [0.15, 0.2) is 12.4 Å². The van der Waals surface area contributed by atoms with Gasteiger partial charge in [-0.15, -0.1) is 0 Å². The Morgan fingerprint density at radius 3 is 2.71 bits per heavy atom. The first kappa shape index (κ1) is 11.2. The van der Waals surface area contributed by atoms with Crippen molar-refractivity contribution in [2.75, 3.05) is 0 Å². The third-order valence-electron chi connectivity index (χ3n) is 2.08. The minimum Gasteiger partial charge on any atom is -0.236 e. The van der Waals surface area contributed by atoms with Gasteiger partial charge in [-0.05, 0) is 6.42 Å². The van der Waals surface area contributed by atoms with Gasteiger partial charge in [-0.2, -0.15) is 8.42 Å². The van der Waals surface area contributed by atoms with Crippen LogP contribution in [0.5, 0.6) is 0 Å². The Hall–Kier alpha value is -0.910. The molecule has 0 fully saturated rings. The first-order valence-corrected chi connectivity index (χ1v) is 5.82. The van der Waals surface area contributed by atoms with Crippen LogP contribution in [-0.4, -0.2) is 12.4 Å². The summed E-state index contributed by atoms with van der Waals surface area (Å²) in [5.74, 6) is 0.467. The number of unbranched alkanes of at least 4 members (excludes halogenated alkanes) is 1. The summed E-state index contributed by atoms with van der Waals surface area (Å²) in [5.41, 5.74) is 0. The summed E-state index contributed by atoms with van der Waals surface area (Å²) in [5, 5.41) is 0. The number of hydrogen-bond donors (Lipinski definition) is 0. The summed E-state index contributed by atoms with van der Waals surface area (Å²) < 4.78 is 36.5. The largest absolute Gasteiger partial charge is 0.480 e. The highest BCUT2D eigenvalue weighted by atomic mass is 32.3. The van der Waals surface area contributed by atoms with E-state index >= 15 is 0 Å². The number of aryl methyl sites for hydroxylation is 1. The van der Waals surface area contributed by atoms with E-state index in [2.05, 4.69) is 0 Å². The van der Waals surface area contributed by atoms with Gasteiger partial charge in [-0.25, -0.2) is 4.57 Å². The molecular weight excluding hydrogens is 207 g/mol. The van der Waals surface area contributed by atoms with Crippen molar-refractivity contribution in [3.05, 3.63) is 18.2 Å². The van der Waals surface area contributed by atoms with Crippen LogP contribution >= 0.6 is 0 Å². The average molecular weight is 221 g/mol. The van der Waals surface area contributed by atoms with Gasteiger partial charge in [-0.1, -0.05) is 21.2 Å². The molecule has 0 saturated carbocycles. The van der Waals surface area contributed by atoms with Crippen LogP contribution in [0.1, 0.15) is 25.6 Å². The molecule has 0 spiro atoms. The Morgan fingerprint density at radius 1 is 1.57 bits per heavy atom. The second-order valence-electron chi connectivity index (χ2n) is 3.17. The molecule has 0 atom stereocenters. The Labute approximate surface area is 83.3 Å². The summed E-state index contributed by atoms with van der Waals surface area (Å²) in [6.07, 6.45) is 5.09. The van der Waals surface area contributed by atoms with E-state index in [1.807, 2.05) is 6.92 Å². The maximum atomic E-state index is 12.7. The summed E-state index contributed by atoms with van der Waals surface area (Å²) in [6.45, 7) is 2.00. The molecule has 0 aliphatic heterocycles. The lowest BCUT2D eigenvalue weighted by Crippen LogP contribution is -2.32. The van der Waals surface area contributed by atoms with Crippen molar-refractivity contribution in [3.63, 3.8) is 0 Å². The molecule has 0 aliphatic rings. The minimum absolute atomic E-state index is 0.467. The second-order valence-corrected chi connectivity index (χ2v) is 4.38. The van der Waals surface area contributed by atoms with Gasteiger partial charge in [0.05, 0.1) is 13.5 Å². The Balaban J connectivity index is 3.07. The molecule has 6 heteroatoms. The van der Waals surface area contributed by atoms with E-state index in [0.29, 0.717) is 16.2 Å². The lowest BCUT2D eigenvalue weighted by atomic mass is 10.2. The zero-order valence-corrected chi connectivity index (χ0v) is 9.09. The van der Waals surface area contributed by atoms with Crippen molar-refractivity contribution >= 4 is 10.4 Å². The summed E-state index contributed by atoms with van der Waals surface area (Å²) >= 11 is 0. The fourth-order valence-electron chi connectivity index (χ4n) is 1.31. The third kappa shape index (κ3) is 2.31. The highest BCUT2D eigenvalue weighted by Crippen LogP contribution is 2.06. The molecule has 0 aromatic carbocycles. The molecule has 80 valence electrons. The fraction of sp³-hybridized carbons (Fsp3) is 0.625. The van der Waals surface area contributed by atoms with Crippen molar-refractivity contribution < 1.29 is 16.9 Å². The minimum atomic E-state index is -4.65. The van der Waals surface area contributed by atoms with E-state index < -0.39 is 10.4 Å². The molecule has 0 amide bonds. The maximum absolute atomic E-state index is 12.7. The quantitative estimate of drug-likeness (QED) is 0.555. The summed E-state index contributed by atoms with van der Waals surface area (Å²) in [6, 6.07) is 0. The van der Waals surface area contributed by atoms with Crippen LogP contribution in [0, 0.1) is 0 Å². The highest BCUT2D eigenvalue weighted by Gasteiger charge is 2.25. The van der Waals surface area contributed by atoms with Crippen molar-refractivity contribution in [1.82, 2.24) is 3.97 Å². The number of imidazole rings is 1. The van der Waals surface area contributed by atoms with E-state index in [0.717, 1.165) is 12.8 Å². The summed E-state index contributed by atoms with van der Waals surface area (Å²) in [7, 11) is -2.95. The Morgan fingerprint density at radius 2 is 2.21 bits per heavy atom. The van der Waals surface area contributed by atoms with Crippen LogP contribution < -0.4 is 4.57 Å². The van der Waals surface area contributed by atoms with Crippen molar-refractivity contribution in [2.45, 2.75) is 26.2 Å². The predicted molar refractivity (Wildman–Crippen MR) is 49.6 cm³/mol. The predicted octanol–water partition coefficient (Wildman–Crippen LogP) is 0.718. The van der Waals surface area contributed by atoms with E-state index in [4.69, 9.17) is 0 Å². The zero-order valence-electron chi connectivity index (χ0n) is 8.27. The van der Waals surface area contributed by atoms with Crippen LogP contribution in [0.2, 0.25) is 0 Å². The third-order valence-corrected chi connectivity index (χ3v) is 2.88. The van der Waals surface area contributed by atoms with Crippen molar-refractivity contribution in [3.8, 4) is 0 Å². The molecule has 1 rings (SSSR count). The number of nitrogens with zero attached hydrogens (tertiary/aromatic N) is 2. The molecule has 1 heterocycles. The molecule has 0 bridgehead atoms. The lowest BCUT2D eigenvalue weighted by molar-refractivity contribution is -0.678. The van der Waals surface area contributed by atoms with Crippen LogP contribution in [0.3, 0.4) is 0 Å². The molecule has 0 unspecified atom stereocenters. The maximum Gasteiger partial charge on any atom is 0.480 e. The SMILES string of the molecule is CCCCc1n(S(=O)(=O)F)cc[n+]1C.